The Balaban J connectivity index is 1.28. The van der Waals surface area contributed by atoms with Crippen LogP contribution in [0.5, 0.6) is 0 Å². The Bertz CT molecular complexity index is 1050. The van der Waals surface area contributed by atoms with Gasteiger partial charge in [-0.15, -0.1) is 0 Å². The number of fused-ring (bicyclic) bond motifs is 1. The van der Waals surface area contributed by atoms with E-state index in [1.165, 1.54) is 4.70 Å². The van der Waals surface area contributed by atoms with Crippen LogP contribution in [0, 0.1) is 13.8 Å². The van der Waals surface area contributed by atoms with Crippen LogP contribution in [-0.4, -0.2) is 57.6 Å². The van der Waals surface area contributed by atoms with Crippen molar-refractivity contribution in [2.24, 2.45) is 0 Å². The molecule has 29 heavy (non-hydrogen) atoms. The SMILES string of the molecule is Cc1cc(C)cc(S(=O)(=O)NCCN2CCN(c3nc4ccccc4s3)CC2)c1. The summed E-state index contributed by atoms with van der Waals surface area (Å²) in [4.78, 5) is 9.70. The zero-order chi connectivity index (χ0) is 20.4. The molecule has 3 aromatic rings. The Kier molecular flexibility index (Phi) is 5.87. The average Bonchev–Trinajstić information content (AvgIpc) is 3.12. The van der Waals surface area contributed by atoms with Crippen molar-refractivity contribution in [3.8, 4) is 0 Å². The second-order valence-electron chi connectivity index (χ2n) is 7.51. The molecule has 8 heteroatoms. The molecule has 0 saturated carbocycles. The summed E-state index contributed by atoms with van der Waals surface area (Å²) in [5.41, 5.74) is 2.96. The van der Waals surface area contributed by atoms with E-state index in [9.17, 15) is 8.42 Å². The van der Waals surface area contributed by atoms with E-state index >= 15 is 0 Å². The zero-order valence-corrected chi connectivity index (χ0v) is 18.4. The molecule has 4 rings (SSSR count). The van der Waals surface area contributed by atoms with Gasteiger partial charge in [-0.05, 0) is 49.2 Å². The first-order valence-electron chi connectivity index (χ1n) is 9.81. The second kappa shape index (κ2) is 8.39. The summed E-state index contributed by atoms with van der Waals surface area (Å²) in [5.74, 6) is 0. The number of nitrogens with one attached hydrogen (secondary N) is 1. The molecule has 0 unspecified atom stereocenters. The zero-order valence-electron chi connectivity index (χ0n) is 16.8. The highest BCUT2D eigenvalue weighted by atomic mass is 32.2. The molecule has 0 radical (unpaired) electrons. The molecule has 6 nitrogen and oxygen atoms in total. The molecule has 0 aliphatic carbocycles. The molecule has 0 atom stereocenters. The summed E-state index contributed by atoms with van der Waals surface area (Å²) in [6, 6.07) is 13.6. The number of thiazole rings is 1. The molecule has 2 heterocycles. The number of benzene rings is 2. The Morgan fingerprint density at radius 2 is 1.72 bits per heavy atom. The van der Waals surface area contributed by atoms with Crippen molar-refractivity contribution in [3.63, 3.8) is 0 Å². The number of hydrogen-bond acceptors (Lipinski definition) is 6. The van der Waals surface area contributed by atoms with Crippen LogP contribution >= 0.6 is 11.3 Å². The molecule has 1 aromatic heterocycles. The highest BCUT2D eigenvalue weighted by Gasteiger charge is 2.20. The van der Waals surface area contributed by atoms with E-state index in [2.05, 4.69) is 20.6 Å². The summed E-state index contributed by atoms with van der Waals surface area (Å²) in [5, 5.41) is 1.07. The number of aromatic nitrogens is 1. The third kappa shape index (κ3) is 4.78. The molecule has 0 amide bonds. The lowest BCUT2D eigenvalue weighted by Crippen LogP contribution is -2.48. The van der Waals surface area contributed by atoms with Gasteiger partial charge < -0.3 is 4.90 Å². The average molecular weight is 431 g/mol. The Hall–Kier alpha value is -2.00. The van der Waals surface area contributed by atoms with Gasteiger partial charge in [0.25, 0.3) is 0 Å². The van der Waals surface area contributed by atoms with Gasteiger partial charge in [0.15, 0.2) is 5.13 Å². The molecule has 2 aromatic carbocycles. The Morgan fingerprint density at radius 1 is 1.03 bits per heavy atom. The minimum Gasteiger partial charge on any atom is -0.345 e. The molecule has 1 fully saturated rings. The van der Waals surface area contributed by atoms with Gasteiger partial charge in [-0.2, -0.15) is 0 Å². The maximum absolute atomic E-state index is 12.6. The van der Waals surface area contributed by atoms with Crippen molar-refractivity contribution in [2.75, 3.05) is 44.2 Å². The predicted octanol–water partition coefficient (Wildman–Crippen LogP) is 3.01. The first kappa shape index (κ1) is 20.3. The van der Waals surface area contributed by atoms with E-state index in [0.717, 1.165) is 48.0 Å². The fourth-order valence-electron chi connectivity index (χ4n) is 3.67. The summed E-state index contributed by atoms with van der Waals surface area (Å²) < 4.78 is 29.1. The fraction of sp³-hybridized carbons (Fsp3) is 0.381. The number of piperazine rings is 1. The smallest absolute Gasteiger partial charge is 0.240 e. The molecule has 0 spiro atoms. The normalized spacial score (nSPS) is 15.9. The van der Waals surface area contributed by atoms with Crippen LogP contribution in [0.4, 0.5) is 5.13 Å². The number of nitrogens with zero attached hydrogens (tertiary/aromatic N) is 3. The number of para-hydroxylation sites is 1. The summed E-state index contributed by atoms with van der Waals surface area (Å²) in [6.45, 7) is 8.57. The molecular weight excluding hydrogens is 404 g/mol. The monoisotopic (exact) mass is 430 g/mol. The van der Waals surface area contributed by atoms with Gasteiger partial charge in [-0.3, -0.25) is 4.90 Å². The van der Waals surface area contributed by atoms with E-state index < -0.39 is 10.0 Å². The summed E-state index contributed by atoms with van der Waals surface area (Å²) in [6.07, 6.45) is 0. The summed E-state index contributed by atoms with van der Waals surface area (Å²) in [7, 11) is -3.47. The van der Waals surface area contributed by atoms with Crippen molar-refractivity contribution in [1.29, 1.82) is 0 Å². The quantitative estimate of drug-likeness (QED) is 0.651. The maximum Gasteiger partial charge on any atom is 0.240 e. The minimum absolute atomic E-state index is 0.343. The van der Waals surface area contributed by atoms with Gasteiger partial charge in [0.2, 0.25) is 10.0 Å². The molecular formula is C21H26N4O2S2. The molecule has 154 valence electrons. The third-order valence-corrected chi connectivity index (χ3v) is 7.69. The molecule has 1 aliphatic rings. The van der Waals surface area contributed by atoms with Crippen molar-refractivity contribution in [3.05, 3.63) is 53.6 Å². The van der Waals surface area contributed by atoms with E-state index in [1.807, 2.05) is 38.1 Å². The highest BCUT2D eigenvalue weighted by Crippen LogP contribution is 2.29. The van der Waals surface area contributed by atoms with Crippen LogP contribution in [0.3, 0.4) is 0 Å². The van der Waals surface area contributed by atoms with Crippen molar-refractivity contribution < 1.29 is 8.42 Å². The number of rotatable bonds is 6. The summed E-state index contributed by atoms with van der Waals surface area (Å²) >= 11 is 1.73. The molecule has 1 N–H and O–H groups in total. The van der Waals surface area contributed by atoms with E-state index in [1.54, 1.807) is 23.5 Å². The van der Waals surface area contributed by atoms with Gasteiger partial charge in [0.1, 0.15) is 0 Å². The molecule has 0 bridgehead atoms. The minimum atomic E-state index is -3.47. The fourth-order valence-corrected chi connectivity index (χ4v) is 5.89. The topological polar surface area (TPSA) is 65.5 Å². The van der Waals surface area contributed by atoms with Crippen LogP contribution in [0.15, 0.2) is 47.4 Å². The lowest BCUT2D eigenvalue weighted by Gasteiger charge is -2.34. The first-order chi connectivity index (χ1) is 13.9. The number of aryl methyl sites for hydroxylation is 2. The van der Waals surface area contributed by atoms with Crippen molar-refractivity contribution >= 4 is 36.7 Å². The lowest BCUT2D eigenvalue weighted by atomic mass is 10.2. The van der Waals surface area contributed by atoms with Crippen LogP contribution in [0.1, 0.15) is 11.1 Å². The predicted molar refractivity (Wildman–Crippen MR) is 119 cm³/mol. The number of anilines is 1. The van der Waals surface area contributed by atoms with Crippen molar-refractivity contribution in [2.45, 2.75) is 18.7 Å². The Morgan fingerprint density at radius 3 is 2.41 bits per heavy atom. The van der Waals surface area contributed by atoms with Crippen LogP contribution in [-0.2, 0) is 10.0 Å². The standard InChI is InChI=1S/C21H26N4O2S2/c1-16-13-17(2)15-18(14-16)29(26,27)22-7-8-24-9-11-25(12-10-24)21-23-19-5-3-4-6-20(19)28-21/h3-6,13-15,22H,7-12H2,1-2H3. The van der Waals surface area contributed by atoms with Gasteiger partial charge in [0.05, 0.1) is 15.1 Å². The van der Waals surface area contributed by atoms with Gasteiger partial charge >= 0.3 is 0 Å². The van der Waals surface area contributed by atoms with Crippen molar-refractivity contribution in [1.82, 2.24) is 14.6 Å². The van der Waals surface area contributed by atoms with E-state index in [-0.39, 0.29) is 0 Å². The first-order valence-corrected chi connectivity index (χ1v) is 12.1. The molecule has 1 aliphatic heterocycles. The Labute approximate surface area is 176 Å². The van der Waals surface area contributed by atoms with Crippen LogP contribution < -0.4 is 9.62 Å². The molecule has 1 saturated heterocycles. The van der Waals surface area contributed by atoms with Crippen LogP contribution in [0.25, 0.3) is 10.2 Å². The third-order valence-electron chi connectivity index (χ3n) is 5.15. The van der Waals surface area contributed by atoms with Crippen LogP contribution in [0.2, 0.25) is 0 Å². The van der Waals surface area contributed by atoms with Gasteiger partial charge in [-0.1, -0.05) is 29.5 Å². The number of hydrogen-bond donors (Lipinski definition) is 1. The highest BCUT2D eigenvalue weighted by molar-refractivity contribution is 7.89. The second-order valence-corrected chi connectivity index (χ2v) is 10.3. The van der Waals surface area contributed by atoms with Gasteiger partial charge in [0, 0.05) is 39.3 Å². The van der Waals surface area contributed by atoms with E-state index in [0.29, 0.717) is 18.0 Å². The van der Waals surface area contributed by atoms with Gasteiger partial charge in [-0.25, -0.2) is 18.1 Å². The maximum atomic E-state index is 12.6. The largest absolute Gasteiger partial charge is 0.345 e. The lowest BCUT2D eigenvalue weighted by molar-refractivity contribution is 0.262. The number of sulfonamides is 1. The van der Waals surface area contributed by atoms with E-state index in [4.69, 9.17) is 4.98 Å².